The van der Waals surface area contributed by atoms with Gasteiger partial charge in [0.15, 0.2) is 5.11 Å². The zero-order valence-corrected chi connectivity index (χ0v) is 35.9. The van der Waals surface area contributed by atoms with Gasteiger partial charge in [0.2, 0.25) is 23.6 Å². The van der Waals surface area contributed by atoms with E-state index in [2.05, 4.69) is 31.9 Å². The number of benzene rings is 1. The lowest BCUT2D eigenvalue weighted by Gasteiger charge is -2.24. The third kappa shape index (κ3) is 24.1. The summed E-state index contributed by atoms with van der Waals surface area (Å²) in [7, 11) is 2.24. The van der Waals surface area contributed by atoms with E-state index in [1.54, 1.807) is 30.3 Å². The molecule has 24 nitrogen and oxygen atoms in total. The minimum atomic E-state index is -1.83. The van der Waals surface area contributed by atoms with Gasteiger partial charge < -0.3 is 67.3 Å². The van der Waals surface area contributed by atoms with Gasteiger partial charge in [-0.1, -0.05) is 51.9 Å². The first-order chi connectivity index (χ1) is 29.6. The van der Waals surface area contributed by atoms with Crippen molar-refractivity contribution in [3.63, 3.8) is 0 Å². The van der Waals surface area contributed by atoms with E-state index in [-0.39, 0.29) is 18.8 Å². The Bertz CT molecular complexity index is 1820. The van der Waals surface area contributed by atoms with E-state index in [9.17, 15) is 78.3 Å². The Balaban J connectivity index is 2.97. The summed E-state index contributed by atoms with van der Waals surface area (Å²) in [5.74, 6) is -13.4. The Labute approximate surface area is 371 Å². The standard InChI is InChI=1S/C36H48N6O18S3/c1-18(43)60-13-14-62-63-17-25(35(58)59)40-30(50)23(15-19-5-3-2-4-6-19)39-31(51)24(16-29(48)49)38-27(45)10-7-20(32(52)53)37-26(44)11-8-21(33(54)55)41-36(61)42-22(34(56)57)9-12-28(46)47/h2-6,20-25H,7-17H2,1H3,(H,37,44)(H,38,45)(H,39,51)(H,40,50)(H,46,47)(H,48,49)(H,52,53)(H,54,55)(H,56,57)(H,58,59)(H2,41,42,61)/t20-,21-,22-,23+,24-,25+/m0/s1. The Hall–Kier alpha value is -6.22. The van der Waals surface area contributed by atoms with Crippen LogP contribution in [0, 0.1) is 0 Å². The fraction of sp³-hybridized carbons (Fsp3) is 0.500. The summed E-state index contributed by atoms with van der Waals surface area (Å²) in [4.78, 5) is 133. The monoisotopic (exact) mass is 948 g/mol. The lowest BCUT2D eigenvalue weighted by molar-refractivity contribution is -0.143. The lowest BCUT2D eigenvalue weighted by Crippen LogP contribution is -2.57. The molecule has 0 aromatic heterocycles. The first-order valence-corrected chi connectivity index (χ1v) is 21.5. The SMILES string of the molecule is CC(=O)OCCSSC[C@@H](NC(=O)[C@@H](Cc1ccccc1)NC(=O)[C@H](CC(=O)O)NC(=O)CC[C@H](NC(=O)CC[C@H](NC(=S)N[C@@H](CCC(=O)O)C(=O)O)C(=O)O)C(=O)O)C(=O)O. The number of carbonyl (C=O) groups is 11. The van der Waals surface area contributed by atoms with Gasteiger partial charge in [0.1, 0.15) is 42.9 Å². The van der Waals surface area contributed by atoms with Gasteiger partial charge in [0, 0.05) is 44.1 Å². The minimum Gasteiger partial charge on any atom is -0.481 e. The van der Waals surface area contributed by atoms with E-state index in [4.69, 9.17) is 22.1 Å². The predicted molar refractivity (Wildman–Crippen MR) is 224 cm³/mol. The third-order valence-corrected chi connectivity index (χ3v) is 10.8. The highest BCUT2D eigenvalue weighted by molar-refractivity contribution is 8.76. The molecule has 27 heteroatoms. The summed E-state index contributed by atoms with van der Waals surface area (Å²) in [6.07, 6.45) is -4.58. The zero-order chi connectivity index (χ0) is 47.6. The molecule has 6 atom stereocenters. The summed E-state index contributed by atoms with van der Waals surface area (Å²) < 4.78 is 4.81. The summed E-state index contributed by atoms with van der Waals surface area (Å²) in [5, 5.41) is 69.6. The molecule has 12 N–H and O–H groups in total. The summed E-state index contributed by atoms with van der Waals surface area (Å²) >= 11 is 4.93. The molecule has 0 unspecified atom stereocenters. The summed E-state index contributed by atoms with van der Waals surface area (Å²) in [6, 6.07) is -1.47. The molecule has 4 amide bonds. The van der Waals surface area contributed by atoms with Crippen LogP contribution in [0.5, 0.6) is 0 Å². The van der Waals surface area contributed by atoms with Gasteiger partial charge in [-0.3, -0.25) is 33.6 Å². The fourth-order valence-corrected chi connectivity index (χ4v) is 7.31. The quantitative estimate of drug-likeness (QED) is 0.0175. The minimum absolute atomic E-state index is 0.0695. The molecule has 0 spiro atoms. The molecule has 0 radical (unpaired) electrons. The van der Waals surface area contributed by atoms with Crippen molar-refractivity contribution in [2.75, 3.05) is 18.1 Å². The van der Waals surface area contributed by atoms with Gasteiger partial charge in [-0.2, -0.15) is 0 Å². The van der Waals surface area contributed by atoms with E-state index < -0.39 is 152 Å². The molecular formula is C36H48N6O18S3. The largest absolute Gasteiger partial charge is 0.481 e. The van der Waals surface area contributed by atoms with E-state index in [1.807, 2.05) is 0 Å². The third-order valence-electron chi connectivity index (χ3n) is 8.16. The van der Waals surface area contributed by atoms with E-state index in [0.717, 1.165) is 10.8 Å². The lowest BCUT2D eigenvalue weighted by atomic mass is 10.0. The van der Waals surface area contributed by atoms with Crippen LogP contribution in [0.1, 0.15) is 57.4 Å². The zero-order valence-electron chi connectivity index (χ0n) is 33.4. The van der Waals surface area contributed by atoms with Gasteiger partial charge >= 0.3 is 41.8 Å². The van der Waals surface area contributed by atoms with Crippen LogP contribution in [0.2, 0.25) is 0 Å². The van der Waals surface area contributed by atoms with Crippen LogP contribution < -0.4 is 31.9 Å². The highest BCUT2D eigenvalue weighted by Gasteiger charge is 2.32. The number of hydrogen-bond acceptors (Lipinski definition) is 15. The predicted octanol–water partition coefficient (Wildman–Crippen LogP) is -1.45. The van der Waals surface area contributed by atoms with Crippen molar-refractivity contribution >= 4 is 104 Å². The molecule has 0 bridgehead atoms. The normalized spacial score (nSPS) is 13.5. The molecule has 0 aliphatic carbocycles. The maximum Gasteiger partial charge on any atom is 0.327 e. The van der Waals surface area contributed by atoms with Crippen molar-refractivity contribution in [3.05, 3.63) is 35.9 Å². The van der Waals surface area contributed by atoms with Crippen molar-refractivity contribution in [1.82, 2.24) is 31.9 Å². The molecule has 1 aromatic carbocycles. The fourth-order valence-electron chi connectivity index (χ4n) is 5.04. The van der Waals surface area contributed by atoms with Crippen LogP contribution in [0.3, 0.4) is 0 Å². The van der Waals surface area contributed by atoms with Crippen LogP contribution in [-0.2, 0) is 63.9 Å². The number of nitrogens with one attached hydrogen (secondary N) is 6. The maximum absolute atomic E-state index is 13.4. The number of esters is 1. The molecule has 348 valence electrons. The van der Waals surface area contributed by atoms with E-state index in [0.29, 0.717) is 11.3 Å². The molecule has 0 fully saturated rings. The molecule has 0 aliphatic heterocycles. The molecule has 1 rings (SSSR count). The molecular weight excluding hydrogens is 901 g/mol. The van der Waals surface area contributed by atoms with Gasteiger partial charge in [0.05, 0.1) is 6.42 Å². The highest BCUT2D eigenvalue weighted by atomic mass is 33.1. The number of hydrogen-bond donors (Lipinski definition) is 12. The van der Waals surface area contributed by atoms with Crippen molar-refractivity contribution in [3.8, 4) is 0 Å². The van der Waals surface area contributed by atoms with Crippen molar-refractivity contribution in [2.24, 2.45) is 0 Å². The summed E-state index contributed by atoms with van der Waals surface area (Å²) in [5.41, 5.74) is 0.509. The Morgan fingerprint density at radius 2 is 1.03 bits per heavy atom. The molecule has 0 heterocycles. The first-order valence-electron chi connectivity index (χ1n) is 18.6. The average molecular weight is 949 g/mol. The number of carboxylic acids is 6. The number of aliphatic carboxylic acids is 6. The smallest absolute Gasteiger partial charge is 0.327 e. The van der Waals surface area contributed by atoms with Crippen LogP contribution in [0.15, 0.2) is 30.3 Å². The van der Waals surface area contributed by atoms with Gasteiger partial charge in [0.25, 0.3) is 0 Å². The highest BCUT2D eigenvalue weighted by Crippen LogP contribution is 2.22. The second-order valence-corrected chi connectivity index (χ2v) is 16.2. The van der Waals surface area contributed by atoms with Gasteiger partial charge in [-0.15, -0.1) is 0 Å². The average Bonchev–Trinajstić information content (AvgIpc) is 3.19. The van der Waals surface area contributed by atoms with Crippen molar-refractivity contribution in [2.45, 2.75) is 94.5 Å². The Kier molecular flexibility index (Phi) is 25.4. The number of rotatable bonds is 31. The molecule has 63 heavy (non-hydrogen) atoms. The molecule has 0 saturated heterocycles. The van der Waals surface area contributed by atoms with Crippen LogP contribution in [-0.4, -0.2) is 156 Å². The maximum atomic E-state index is 13.4. The second-order valence-electron chi connectivity index (χ2n) is 13.2. The van der Waals surface area contributed by atoms with Crippen LogP contribution >= 0.6 is 33.8 Å². The van der Waals surface area contributed by atoms with Crippen molar-refractivity contribution in [1.29, 1.82) is 0 Å². The molecule has 0 saturated carbocycles. The number of thiocarbonyl (C=S) groups is 1. The van der Waals surface area contributed by atoms with E-state index in [1.165, 1.54) is 17.7 Å². The number of carbonyl (C=O) groups excluding carboxylic acids is 5. The van der Waals surface area contributed by atoms with Crippen LogP contribution in [0.25, 0.3) is 0 Å². The van der Waals surface area contributed by atoms with E-state index >= 15 is 0 Å². The summed E-state index contributed by atoms with van der Waals surface area (Å²) in [6.45, 7) is 1.30. The van der Waals surface area contributed by atoms with Crippen LogP contribution in [0.4, 0.5) is 0 Å². The molecule has 0 aliphatic rings. The van der Waals surface area contributed by atoms with Gasteiger partial charge in [-0.25, -0.2) is 19.2 Å². The second kappa shape index (κ2) is 29.1. The first kappa shape index (κ1) is 54.8. The number of ether oxygens (including phenoxy) is 1. The Morgan fingerprint density at radius 3 is 1.51 bits per heavy atom. The number of amides is 4. The topological polar surface area (TPSA) is 391 Å². The Morgan fingerprint density at radius 1 is 0.571 bits per heavy atom. The molecule has 1 aromatic rings. The van der Waals surface area contributed by atoms with Gasteiger partial charge in [-0.05, 0) is 37.0 Å². The van der Waals surface area contributed by atoms with Crippen molar-refractivity contribution < 1.29 is 88.1 Å². The number of carboxylic acid groups (broad SMARTS) is 6.